The second-order valence-corrected chi connectivity index (χ2v) is 4.93. The molecule has 0 spiro atoms. The van der Waals surface area contributed by atoms with Crippen LogP contribution in [0.3, 0.4) is 0 Å². The van der Waals surface area contributed by atoms with Crippen molar-refractivity contribution >= 4 is 12.4 Å². The molecule has 18 heavy (non-hydrogen) atoms. The fraction of sp³-hybridized carbons (Fsp3) is 0.333. The Labute approximate surface area is 114 Å². The molecule has 2 aromatic rings. The predicted molar refractivity (Wildman–Crippen MR) is 78.4 cm³/mol. The molecule has 0 unspecified atom stereocenters. The van der Waals surface area contributed by atoms with Gasteiger partial charge in [-0.15, -0.1) is 12.4 Å². The fourth-order valence-electron chi connectivity index (χ4n) is 2.53. The van der Waals surface area contributed by atoms with Gasteiger partial charge < -0.3 is 10.3 Å². The maximum Gasteiger partial charge on any atom is 0.0462 e. The maximum absolute atomic E-state index is 3.58. The SMILES string of the molecule is Cc1ccc(C)c(-c2cc3c([nH]2)CCNC3)c1.Cl. The Morgan fingerprint density at radius 2 is 1.94 bits per heavy atom. The van der Waals surface area contributed by atoms with Crippen molar-refractivity contribution in [3.8, 4) is 11.3 Å². The maximum atomic E-state index is 3.58. The normalized spacial score (nSPS) is 13.9. The number of H-pyrrole nitrogens is 1. The van der Waals surface area contributed by atoms with Gasteiger partial charge in [0.25, 0.3) is 0 Å². The van der Waals surface area contributed by atoms with E-state index in [2.05, 4.69) is 48.4 Å². The number of aromatic amines is 1. The Hall–Kier alpha value is -1.25. The number of hydrogen-bond donors (Lipinski definition) is 2. The number of benzene rings is 1. The van der Waals surface area contributed by atoms with Crippen molar-refractivity contribution in [2.45, 2.75) is 26.8 Å². The van der Waals surface area contributed by atoms with E-state index in [0.29, 0.717) is 0 Å². The van der Waals surface area contributed by atoms with Gasteiger partial charge in [-0.05, 0) is 37.1 Å². The summed E-state index contributed by atoms with van der Waals surface area (Å²) in [5, 5.41) is 3.41. The van der Waals surface area contributed by atoms with E-state index in [1.165, 1.54) is 33.6 Å². The van der Waals surface area contributed by atoms with Crippen molar-refractivity contribution in [3.05, 3.63) is 46.6 Å². The Morgan fingerprint density at radius 1 is 1.11 bits per heavy atom. The summed E-state index contributed by atoms with van der Waals surface area (Å²) < 4.78 is 0. The van der Waals surface area contributed by atoms with Crippen LogP contribution < -0.4 is 5.32 Å². The number of fused-ring (bicyclic) bond motifs is 1. The third-order valence-electron chi connectivity index (χ3n) is 3.54. The predicted octanol–water partition coefficient (Wildman–Crippen LogP) is 3.37. The van der Waals surface area contributed by atoms with Gasteiger partial charge in [0.15, 0.2) is 0 Å². The lowest BCUT2D eigenvalue weighted by Crippen LogP contribution is -2.22. The zero-order valence-corrected chi connectivity index (χ0v) is 11.7. The monoisotopic (exact) mass is 262 g/mol. The fourth-order valence-corrected chi connectivity index (χ4v) is 2.53. The summed E-state index contributed by atoms with van der Waals surface area (Å²) in [7, 11) is 0. The molecular weight excluding hydrogens is 244 g/mol. The second-order valence-electron chi connectivity index (χ2n) is 4.93. The van der Waals surface area contributed by atoms with Crippen LogP contribution in [0, 0.1) is 13.8 Å². The summed E-state index contributed by atoms with van der Waals surface area (Å²) in [4.78, 5) is 3.58. The molecule has 3 heteroatoms. The molecule has 2 N–H and O–H groups in total. The minimum Gasteiger partial charge on any atom is -0.358 e. The lowest BCUT2D eigenvalue weighted by molar-refractivity contribution is 0.638. The largest absolute Gasteiger partial charge is 0.358 e. The van der Waals surface area contributed by atoms with Crippen molar-refractivity contribution < 1.29 is 0 Å². The van der Waals surface area contributed by atoms with Crippen molar-refractivity contribution in [3.63, 3.8) is 0 Å². The molecule has 1 aromatic carbocycles. The molecule has 0 atom stereocenters. The van der Waals surface area contributed by atoms with Crippen LogP contribution in [0.5, 0.6) is 0 Å². The van der Waals surface area contributed by atoms with Crippen LogP contribution in [0.2, 0.25) is 0 Å². The molecule has 1 aliphatic heterocycles. The van der Waals surface area contributed by atoms with Gasteiger partial charge in [-0.2, -0.15) is 0 Å². The van der Waals surface area contributed by atoms with Crippen molar-refractivity contribution in [2.75, 3.05) is 6.54 Å². The topological polar surface area (TPSA) is 27.8 Å². The van der Waals surface area contributed by atoms with Gasteiger partial charge in [0.1, 0.15) is 0 Å². The van der Waals surface area contributed by atoms with Crippen LogP contribution in [0.1, 0.15) is 22.4 Å². The highest BCUT2D eigenvalue weighted by Crippen LogP contribution is 2.27. The first-order valence-electron chi connectivity index (χ1n) is 6.23. The lowest BCUT2D eigenvalue weighted by Gasteiger charge is -2.11. The van der Waals surface area contributed by atoms with Gasteiger partial charge >= 0.3 is 0 Å². The number of nitrogens with one attached hydrogen (secondary N) is 2. The Bertz CT molecular complexity index is 534. The first kappa shape index (κ1) is 13.2. The molecule has 0 radical (unpaired) electrons. The van der Waals surface area contributed by atoms with Crippen LogP contribution in [0.15, 0.2) is 24.3 Å². The van der Waals surface area contributed by atoms with E-state index in [0.717, 1.165) is 19.5 Å². The van der Waals surface area contributed by atoms with Crippen LogP contribution in [-0.2, 0) is 13.0 Å². The first-order valence-corrected chi connectivity index (χ1v) is 6.23. The van der Waals surface area contributed by atoms with E-state index in [1.807, 2.05) is 0 Å². The van der Waals surface area contributed by atoms with Crippen molar-refractivity contribution in [1.82, 2.24) is 10.3 Å². The first-order chi connectivity index (χ1) is 8.24. The van der Waals surface area contributed by atoms with Crippen LogP contribution in [0.25, 0.3) is 11.3 Å². The van der Waals surface area contributed by atoms with Crippen LogP contribution in [-0.4, -0.2) is 11.5 Å². The zero-order valence-electron chi connectivity index (χ0n) is 10.8. The van der Waals surface area contributed by atoms with Gasteiger partial charge in [0.2, 0.25) is 0 Å². The highest BCUT2D eigenvalue weighted by atomic mass is 35.5. The van der Waals surface area contributed by atoms with Gasteiger partial charge in [-0.3, -0.25) is 0 Å². The molecule has 0 fully saturated rings. The summed E-state index contributed by atoms with van der Waals surface area (Å²) in [6, 6.07) is 8.93. The van der Waals surface area contributed by atoms with E-state index in [4.69, 9.17) is 0 Å². The van der Waals surface area contributed by atoms with Crippen molar-refractivity contribution in [1.29, 1.82) is 0 Å². The molecule has 3 rings (SSSR count). The molecule has 2 nitrogen and oxygen atoms in total. The summed E-state index contributed by atoms with van der Waals surface area (Å²) >= 11 is 0. The molecule has 1 aliphatic rings. The lowest BCUT2D eigenvalue weighted by atomic mass is 10.0. The van der Waals surface area contributed by atoms with Gasteiger partial charge in [0, 0.05) is 36.5 Å². The van der Waals surface area contributed by atoms with E-state index in [1.54, 1.807) is 0 Å². The molecule has 0 aliphatic carbocycles. The summed E-state index contributed by atoms with van der Waals surface area (Å²) in [5.74, 6) is 0. The summed E-state index contributed by atoms with van der Waals surface area (Å²) in [6.45, 7) is 6.40. The van der Waals surface area contributed by atoms with Gasteiger partial charge in [0.05, 0.1) is 0 Å². The van der Waals surface area contributed by atoms with Crippen LogP contribution >= 0.6 is 12.4 Å². The number of aromatic nitrogens is 1. The molecule has 2 heterocycles. The van der Waals surface area contributed by atoms with E-state index >= 15 is 0 Å². The molecule has 0 saturated heterocycles. The van der Waals surface area contributed by atoms with E-state index in [-0.39, 0.29) is 12.4 Å². The average Bonchev–Trinajstić information content (AvgIpc) is 2.75. The van der Waals surface area contributed by atoms with E-state index in [9.17, 15) is 0 Å². The highest BCUT2D eigenvalue weighted by molar-refractivity contribution is 5.85. The molecule has 96 valence electrons. The zero-order chi connectivity index (χ0) is 11.8. The molecular formula is C15H19ClN2. The standard InChI is InChI=1S/C15H18N2.ClH/c1-10-3-4-11(2)13(7-10)15-8-12-9-16-6-5-14(12)17-15;/h3-4,7-8,16-17H,5-6,9H2,1-2H3;1H. The number of halogens is 1. The molecule has 1 aromatic heterocycles. The average molecular weight is 263 g/mol. The van der Waals surface area contributed by atoms with Crippen LogP contribution in [0.4, 0.5) is 0 Å². The molecule has 0 amide bonds. The quantitative estimate of drug-likeness (QED) is 0.810. The van der Waals surface area contributed by atoms with E-state index < -0.39 is 0 Å². The Balaban J connectivity index is 0.00000120. The van der Waals surface area contributed by atoms with Gasteiger partial charge in [-0.1, -0.05) is 17.7 Å². The third kappa shape index (κ3) is 2.31. The van der Waals surface area contributed by atoms with Gasteiger partial charge in [-0.25, -0.2) is 0 Å². The third-order valence-corrected chi connectivity index (χ3v) is 3.54. The minimum atomic E-state index is 0. The number of hydrogen-bond acceptors (Lipinski definition) is 1. The second kappa shape index (κ2) is 5.17. The summed E-state index contributed by atoms with van der Waals surface area (Å²) in [6.07, 6.45) is 1.11. The molecule has 0 saturated carbocycles. The number of aryl methyl sites for hydroxylation is 2. The highest BCUT2D eigenvalue weighted by Gasteiger charge is 2.13. The smallest absolute Gasteiger partial charge is 0.0462 e. The number of rotatable bonds is 1. The minimum absolute atomic E-state index is 0. The molecule has 0 bridgehead atoms. The Kier molecular flexibility index (Phi) is 3.79. The Morgan fingerprint density at radius 3 is 2.72 bits per heavy atom. The van der Waals surface area contributed by atoms with Crippen molar-refractivity contribution in [2.24, 2.45) is 0 Å². The summed E-state index contributed by atoms with van der Waals surface area (Å²) in [5.41, 5.74) is 8.07.